The number of nitrogens with one attached hydrogen (secondary N) is 1. The average molecular weight is 593 g/mol. The van der Waals surface area contributed by atoms with Crippen molar-refractivity contribution in [1.29, 1.82) is 0 Å². The van der Waals surface area contributed by atoms with Crippen molar-refractivity contribution in [3.8, 4) is 0 Å². The second-order valence-corrected chi connectivity index (χ2v) is 11.0. The van der Waals surface area contributed by atoms with Gasteiger partial charge in [-0.15, -0.1) is 0 Å². The Hall–Kier alpha value is -2.49. The lowest BCUT2D eigenvalue weighted by Gasteiger charge is -2.37. The zero-order chi connectivity index (χ0) is 32.1. The highest BCUT2D eigenvalue weighted by Crippen LogP contribution is 2.25. The van der Waals surface area contributed by atoms with Crippen molar-refractivity contribution in [3.05, 3.63) is 35.9 Å². The van der Waals surface area contributed by atoms with E-state index < -0.39 is 0 Å². The highest BCUT2D eigenvalue weighted by Gasteiger charge is 2.37. The molecule has 0 spiro atoms. The molecule has 0 aromatic heterocycles. The van der Waals surface area contributed by atoms with Crippen LogP contribution in [-0.4, -0.2) is 93.2 Å². The summed E-state index contributed by atoms with van der Waals surface area (Å²) in [6.45, 7) is 13.9. The second-order valence-electron chi connectivity index (χ2n) is 11.0. The number of benzene rings is 1. The molecular weight excluding hydrogens is 532 g/mol. The van der Waals surface area contributed by atoms with Crippen molar-refractivity contribution in [3.63, 3.8) is 0 Å². The van der Waals surface area contributed by atoms with Crippen molar-refractivity contribution >= 4 is 18.2 Å². The smallest absolute Gasteiger partial charge is 0.236 e. The van der Waals surface area contributed by atoms with E-state index >= 15 is 0 Å². The summed E-state index contributed by atoms with van der Waals surface area (Å²) in [7, 11) is 5.12. The molecule has 1 fully saturated rings. The van der Waals surface area contributed by atoms with Crippen molar-refractivity contribution in [1.82, 2.24) is 15.1 Å². The quantitative estimate of drug-likeness (QED) is 0.294. The molecule has 3 N–H and O–H groups in total. The maximum atomic E-state index is 12.4. The minimum atomic E-state index is -0.290. The Balaban J connectivity index is 0.000000775. The molecule has 1 aliphatic heterocycles. The van der Waals surface area contributed by atoms with Crippen LogP contribution in [0.15, 0.2) is 30.3 Å². The zero-order valence-corrected chi connectivity index (χ0v) is 27.8. The minimum absolute atomic E-state index is 0.00706. The number of likely N-dealkylation sites (N-methyl/N-ethyl adjacent to an activating group) is 1. The largest absolute Gasteiger partial charge is 0.379 e. The van der Waals surface area contributed by atoms with Gasteiger partial charge in [0.25, 0.3) is 0 Å². The van der Waals surface area contributed by atoms with E-state index in [0.717, 1.165) is 45.1 Å². The topological polar surface area (TPSA) is 114 Å². The number of likely N-dealkylation sites (tertiary alicyclic amines) is 1. The van der Waals surface area contributed by atoms with Gasteiger partial charge in [0.15, 0.2) is 0 Å². The maximum Gasteiger partial charge on any atom is 0.236 e. The van der Waals surface area contributed by atoms with Crippen molar-refractivity contribution in [2.24, 2.45) is 17.6 Å². The van der Waals surface area contributed by atoms with Gasteiger partial charge in [0.1, 0.15) is 0 Å². The highest BCUT2D eigenvalue weighted by atomic mass is 16.5. The van der Waals surface area contributed by atoms with Crippen LogP contribution in [0.4, 0.5) is 0 Å². The number of nitrogens with two attached hydrogens (primary N) is 1. The number of carbonyl (C=O) groups excluding carboxylic acids is 3. The lowest BCUT2D eigenvalue weighted by molar-refractivity contribution is -0.135. The summed E-state index contributed by atoms with van der Waals surface area (Å²) < 4.78 is 11.0. The summed E-state index contributed by atoms with van der Waals surface area (Å²) in [5.41, 5.74) is 6.60. The van der Waals surface area contributed by atoms with Gasteiger partial charge in [-0.1, -0.05) is 84.7 Å². The van der Waals surface area contributed by atoms with Crippen LogP contribution in [0.1, 0.15) is 79.2 Å². The van der Waals surface area contributed by atoms with E-state index in [0.29, 0.717) is 12.5 Å². The van der Waals surface area contributed by atoms with Crippen LogP contribution in [0.5, 0.6) is 0 Å². The standard InChI is InChI=1S/C18H26N2O3.C12H26N2O2.C3H8/c1-14(17(23-2)16-9-6-12-20(16)13-21)18(22)19-11-10-15-7-4-3-5-8-15;1-6-9(3)12(10(7-2)16-5)14(4)11(15)8-13;1-3-2/h3-5,7-8,13-14,16-17H,6,9-12H2,1-2H3,(H,19,22);9-10,12H,6-8,13H2,1-5H3;3H2,1-2H3. The van der Waals surface area contributed by atoms with Crippen LogP contribution in [0.3, 0.4) is 0 Å². The Morgan fingerprint density at radius 1 is 1.10 bits per heavy atom. The second kappa shape index (κ2) is 23.0. The molecule has 2 rings (SSSR count). The highest BCUT2D eigenvalue weighted by molar-refractivity contribution is 5.79. The Morgan fingerprint density at radius 2 is 1.71 bits per heavy atom. The predicted molar refractivity (Wildman–Crippen MR) is 171 cm³/mol. The fourth-order valence-corrected chi connectivity index (χ4v) is 5.37. The van der Waals surface area contributed by atoms with Crippen molar-refractivity contribution < 1.29 is 23.9 Å². The molecule has 1 aromatic rings. The van der Waals surface area contributed by atoms with E-state index in [2.05, 4.69) is 39.9 Å². The molecule has 0 bridgehead atoms. The first-order chi connectivity index (χ1) is 20.1. The molecule has 42 heavy (non-hydrogen) atoms. The van der Waals surface area contributed by atoms with Gasteiger partial charge in [0.05, 0.1) is 36.8 Å². The molecule has 0 radical (unpaired) electrons. The monoisotopic (exact) mass is 592 g/mol. The summed E-state index contributed by atoms with van der Waals surface area (Å²) in [6.07, 6.45) is 6.50. The minimum Gasteiger partial charge on any atom is -0.379 e. The SMILES string of the molecule is CCC.CCC(C)C(C(CC)OC)N(C)C(=O)CN.COC(C(C)C(=O)NCCc1ccccc1)C1CCCN1C=O. The lowest BCUT2D eigenvalue weighted by Crippen LogP contribution is -2.50. The number of ether oxygens (including phenoxy) is 2. The Labute approximate surface area is 255 Å². The summed E-state index contributed by atoms with van der Waals surface area (Å²) in [4.78, 5) is 38.7. The summed E-state index contributed by atoms with van der Waals surface area (Å²) in [5.74, 6) is 0.0676. The summed E-state index contributed by atoms with van der Waals surface area (Å²) in [5, 5.41) is 2.98. The van der Waals surface area contributed by atoms with Crippen LogP contribution >= 0.6 is 0 Å². The maximum absolute atomic E-state index is 12.4. The Kier molecular flexibility index (Phi) is 21.7. The zero-order valence-electron chi connectivity index (χ0n) is 27.8. The van der Waals surface area contributed by atoms with E-state index in [4.69, 9.17) is 15.2 Å². The number of hydrogen-bond acceptors (Lipinski definition) is 6. The fourth-order valence-electron chi connectivity index (χ4n) is 5.37. The van der Waals surface area contributed by atoms with E-state index in [1.54, 1.807) is 24.0 Å². The van der Waals surface area contributed by atoms with E-state index in [1.807, 2.05) is 44.3 Å². The van der Waals surface area contributed by atoms with Gasteiger partial charge in [-0.2, -0.15) is 0 Å². The normalized spacial score (nSPS) is 17.8. The first-order valence-corrected chi connectivity index (χ1v) is 15.7. The predicted octanol–water partition coefficient (Wildman–Crippen LogP) is 4.28. The third kappa shape index (κ3) is 13.2. The molecule has 9 nitrogen and oxygen atoms in total. The molecule has 1 saturated heterocycles. The van der Waals surface area contributed by atoms with E-state index in [-0.39, 0.29) is 48.6 Å². The molecule has 9 heteroatoms. The molecule has 3 amide bonds. The molecule has 0 saturated carbocycles. The molecule has 0 aliphatic carbocycles. The number of carbonyl (C=O) groups is 3. The molecule has 6 atom stereocenters. The third-order valence-corrected chi connectivity index (χ3v) is 7.92. The van der Waals surface area contributed by atoms with Gasteiger partial charge in [-0.3, -0.25) is 14.4 Å². The van der Waals surface area contributed by atoms with Crippen LogP contribution < -0.4 is 11.1 Å². The van der Waals surface area contributed by atoms with Gasteiger partial charge in [0.2, 0.25) is 18.2 Å². The van der Waals surface area contributed by atoms with Crippen molar-refractivity contribution in [2.75, 3.05) is 40.9 Å². The Morgan fingerprint density at radius 3 is 2.19 bits per heavy atom. The summed E-state index contributed by atoms with van der Waals surface area (Å²) in [6, 6.07) is 10.2. The van der Waals surface area contributed by atoms with Crippen LogP contribution in [-0.2, 0) is 30.3 Å². The van der Waals surface area contributed by atoms with E-state index in [9.17, 15) is 14.4 Å². The molecule has 6 unspecified atom stereocenters. The first kappa shape index (κ1) is 39.5. The molecule has 1 aliphatic rings. The van der Waals surface area contributed by atoms with Crippen LogP contribution in [0.2, 0.25) is 0 Å². The average Bonchev–Trinajstić information content (AvgIpc) is 3.48. The molecule has 1 aromatic carbocycles. The molecule has 242 valence electrons. The van der Waals surface area contributed by atoms with Crippen LogP contribution in [0.25, 0.3) is 0 Å². The first-order valence-electron chi connectivity index (χ1n) is 15.7. The molecular formula is C33H60N4O5. The van der Waals surface area contributed by atoms with Gasteiger partial charge in [0, 0.05) is 34.4 Å². The van der Waals surface area contributed by atoms with Gasteiger partial charge >= 0.3 is 0 Å². The van der Waals surface area contributed by atoms with Gasteiger partial charge in [-0.25, -0.2) is 0 Å². The van der Waals surface area contributed by atoms with E-state index in [1.165, 1.54) is 12.0 Å². The van der Waals surface area contributed by atoms with Gasteiger partial charge < -0.3 is 30.3 Å². The summed E-state index contributed by atoms with van der Waals surface area (Å²) >= 11 is 0. The number of amides is 3. The lowest BCUT2D eigenvalue weighted by atomic mass is 9.91. The Bertz CT molecular complexity index is 852. The van der Waals surface area contributed by atoms with Crippen LogP contribution in [0, 0.1) is 11.8 Å². The number of nitrogens with zero attached hydrogens (tertiary/aromatic N) is 2. The van der Waals surface area contributed by atoms with Crippen molar-refractivity contribution in [2.45, 2.75) is 104 Å². The number of methoxy groups -OCH3 is 2. The number of hydrogen-bond donors (Lipinski definition) is 2. The third-order valence-electron chi connectivity index (χ3n) is 7.92. The molecule has 1 heterocycles. The van der Waals surface area contributed by atoms with Gasteiger partial charge in [-0.05, 0) is 37.2 Å². The number of rotatable bonds is 15. The fraction of sp³-hybridized carbons (Fsp3) is 0.727.